The predicted molar refractivity (Wildman–Crippen MR) is 93.4 cm³/mol. The van der Waals surface area contributed by atoms with Crippen molar-refractivity contribution in [3.8, 4) is 0 Å². The Morgan fingerprint density at radius 2 is 1.87 bits per heavy atom. The van der Waals surface area contributed by atoms with Gasteiger partial charge in [-0.2, -0.15) is 0 Å². The number of rotatable bonds is 6. The first kappa shape index (κ1) is 17.3. The molecule has 0 atom stereocenters. The minimum Gasteiger partial charge on any atom is -0.376 e. The fourth-order valence-electron chi connectivity index (χ4n) is 3.08. The van der Waals surface area contributed by atoms with Gasteiger partial charge in [-0.05, 0) is 37.0 Å². The van der Waals surface area contributed by atoms with E-state index < -0.39 is 0 Å². The Bertz CT molecular complexity index is 539. The summed E-state index contributed by atoms with van der Waals surface area (Å²) in [5, 5.41) is 5.87. The summed E-state index contributed by atoms with van der Waals surface area (Å²) in [6, 6.07) is 7.39. The van der Waals surface area contributed by atoms with Gasteiger partial charge in [0.05, 0.1) is 6.54 Å². The Hall–Kier alpha value is -2.04. The topological polar surface area (TPSA) is 61.4 Å². The first-order valence-corrected chi connectivity index (χ1v) is 8.40. The highest BCUT2D eigenvalue weighted by Gasteiger charge is 2.18. The maximum absolute atomic E-state index is 12.2. The lowest BCUT2D eigenvalue weighted by molar-refractivity contribution is -0.128. The molecule has 0 spiro atoms. The largest absolute Gasteiger partial charge is 0.376 e. The number of amides is 2. The van der Waals surface area contributed by atoms with E-state index in [1.165, 1.54) is 39.0 Å². The second kappa shape index (κ2) is 8.56. The summed E-state index contributed by atoms with van der Waals surface area (Å²) in [7, 11) is 1.88. The zero-order valence-electron chi connectivity index (χ0n) is 14.1. The number of benzene rings is 1. The molecular formula is C18H27N3O2. The summed E-state index contributed by atoms with van der Waals surface area (Å²) in [5.74, 6) is 0.645. The van der Waals surface area contributed by atoms with Gasteiger partial charge in [0, 0.05) is 31.9 Å². The van der Waals surface area contributed by atoms with Gasteiger partial charge in [0.25, 0.3) is 0 Å². The Labute approximate surface area is 138 Å². The van der Waals surface area contributed by atoms with Crippen LogP contribution in [0.4, 0.5) is 11.4 Å². The SMILES string of the molecule is CC(=O)Nc1cccc(NCC(=O)N(C)CC2CCCCC2)c1. The standard InChI is InChI=1S/C18H27N3O2/c1-14(22)20-17-10-6-9-16(11-17)19-12-18(23)21(2)13-15-7-4-3-5-8-15/h6,9-11,15,19H,3-5,7-8,12-13H2,1-2H3,(H,20,22). The Morgan fingerprint density at radius 3 is 2.57 bits per heavy atom. The molecule has 1 aliphatic rings. The molecule has 1 aromatic carbocycles. The van der Waals surface area contributed by atoms with Gasteiger partial charge in [-0.15, -0.1) is 0 Å². The molecule has 5 heteroatoms. The van der Waals surface area contributed by atoms with Crippen molar-refractivity contribution in [2.45, 2.75) is 39.0 Å². The van der Waals surface area contributed by atoms with E-state index in [0.29, 0.717) is 5.92 Å². The van der Waals surface area contributed by atoms with Crippen LogP contribution in [0, 0.1) is 5.92 Å². The number of anilines is 2. The maximum Gasteiger partial charge on any atom is 0.241 e. The monoisotopic (exact) mass is 317 g/mol. The highest BCUT2D eigenvalue weighted by atomic mass is 16.2. The van der Waals surface area contributed by atoms with E-state index in [1.54, 1.807) is 0 Å². The molecule has 2 rings (SSSR count). The van der Waals surface area contributed by atoms with Crippen LogP contribution in [0.15, 0.2) is 24.3 Å². The van der Waals surface area contributed by atoms with Gasteiger partial charge in [0.2, 0.25) is 11.8 Å². The van der Waals surface area contributed by atoms with Crippen molar-refractivity contribution in [2.75, 3.05) is 30.8 Å². The molecule has 0 saturated heterocycles. The van der Waals surface area contributed by atoms with Crippen LogP contribution in [0.2, 0.25) is 0 Å². The van der Waals surface area contributed by atoms with Crippen LogP contribution in [-0.2, 0) is 9.59 Å². The summed E-state index contributed by atoms with van der Waals surface area (Å²) in [6.45, 7) is 2.60. The minimum absolute atomic E-state index is 0.0977. The molecule has 2 N–H and O–H groups in total. The number of nitrogens with zero attached hydrogens (tertiary/aromatic N) is 1. The molecule has 2 amide bonds. The summed E-state index contributed by atoms with van der Waals surface area (Å²) in [6.07, 6.45) is 6.40. The molecule has 23 heavy (non-hydrogen) atoms. The zero-order valence-corrected chi connectivity index (χ0v) is 14.1. The Balaban J connectivity index is 1.79. The molecule has 126 valence electrons. The number of hydrogen-bond acceptors (Lipinski definition) is 3. The molecule has 1 fully saturated rings. The van der Waals surface area contributed by atoms with Crippen molar-refractivity contribution in [1.29, 1.82) is 0 Å². The van der Waals surface area contributed by atoms with Gasteiger partial charge in [-0.1, -0.05) is 25.3 Å². The molecule has 5 nitrogen and oxygen atoms in total. The molecule has 0 radical (unpaired) electrons. The first-order chi connectivity index (χ1) is 11.0. The van der Waals surface area contributed by atoms with E-state index in [0.717, 1.165) is 17.9 Å². The van der Waals surface area contributed by atoms with Gasteiger partial charge < -0.3 is 15.5 Å². The Kier molecular flexibility index (Phi) is 6.44. The van der Waals surface area contributed by atoms with E-state index in [4.69, 9.17) is 0 Å². The van der Waals surface area contributed by atoms with Crippen molar-refractivity contribution in [3.63, 3.8) is 0 Å². The smallest absolute Gasteiger partial charge is 0.241 e. The fourth-order valence-corrected chi connectivity index (χ4v) is 3.08. The fraction of sp³-hybridized carbons (Fsp3) is 0.556. The molecule has 0 bridgehead atoms. The predicted octanol–water partition coefficient (Wildman–Crippen LogP) is 3.10. The lowest BCUT2D eigenvalue weighted by Crippen LogP contribution is -2.36. The van der Waals surface area contributed by atoms with Crippen LogP contribution in [0.1, 0.15) is 39.0 Å². The molecule has 0 aliphatic heterocycles. The normalized spacial score (nSPS) is 15.0. The molecular weight excluding hydrogens is 290 g/mol. The summed E-state index contributed by atoms with van der Waals surface area (Å²) < 4.78 is 0. The van der Waals surface area contributed by atoms with Crippen molar-refractivity contribution >= 4 is 23.2 Å². The average molecular weight is 317 g/mol. The molecule has 0 aromatic heterocycles. The summed E-state index contributed by atoms with van der Waals surface area (Å²) in [4.78, 5) is 25.2. The molecule has 1 aromatic rings. The van der Waals surface area contributed by atoms with Gasteiger partial charge in [0.15, 0.2) is 0 Å². The second-order valence-electron chi connectivity index (χ2n) is 6.39. The van der Waals surface area contributed by atoms with Crippen molar-refractivity contribution in [3.05, 3.63) is 24.3 Å². The number of likely N-dealkylation sites (N-methyl/N-ethyl adjacent to an activating group) is 1. The third kappa shape index (κ3) is 5.93. The van der Waals surface area contributed by atoms with E-state index in [-0.39, 0.29) is 18.4 Å². The van der Waals surface area contributed by atoms with E-state index in [2.05, 4.69) is 10.6 Å². The van der Waals surface area contributed by atoms with Crippen molar-refractivity contribution < 1.29 is 9.59 Å². The van der Waals surface area contributed by atoms with Crippen LogP contribution in [0.5, 0.6) is 0 Å². The zero-order chi connectivity index (χ0) is 16.7. The molecule has 0 heterocycles. The van der Waals surface area contributed by atoms with Gasteiger partial charge in [-0.3, -0.25) is 9.59 Å². The van der Waals surface area contributed by atoms with Crippen molar-refractivity contribution in [1.82, 2.24) is 4.90 Å². The highest BCUT2D eigenvalue weighted by molar-refractivity contribution is 5.89. The average Bonchev–Trinajstić information content (AvgIpc) is 2.53. The number of nitrogens with one attached hydrogen (secondary N) is 2. The molecule has 1 aliphatic carbocycles. The second-order valence-corrected chi connectivity index (χ2v) is 6.39. The van der Waals surface area contributed by atoms with Gasteiger partial charge in [-0.25, -0.2) is 0 Å². The van der Waals surface area contributed by atoms with Crippen molar-refractivity contribution in [2.24, 2.45) is 5.92 Å². The van der Waals surface area contributed by atoms with Crippen LogP contribution in [0.3, 0.4) is 0 Å². The first-order valence-electron chi connectivity index (χ1n) is 8.40. The van der Waals surface area contributed by atoms with E-state index in [1.807, 2.05) is 36.2 Å². The maximum atomic E-state index is 12.2. The summed E-state index contributed by atoms with van der Waals surface area (Å²) >= 11 is 0. The molecule has 0 unspecified atom stereocenters. The molecule has 1 saturated carbocycles. The van der Waals surface area contributed by atoms with E-state index >= 15 is 0 Å². The van der Waals surface area contributed by atoms with Crippen LogP contribution >= 0.6 is 0 Å². The van der Waals surface area contributed by atoms with Gasteiger partial charge >= 0.3 is 0 Å². The lowest BCUT2D eigenvalue weighted by atomic mass is 9.89. The van der Waals surface area contributed by atoms with E-state index in [9.17, 15) is 9.59 Å². The highest BCUT2D eigenvalue weighted by Crippen LogP contribution is 2.24. The van der Waals surface area contributed by atoms with Crippen LogP contribution < -0.4 is 10.6 Å². The minimum atomic E-state index is -0.106. The van der Waals surface area contributed by atoms with Gasteiger partial charge in [0.1, 0.15) is 0 Å². The number of hydrogen-bond donors (Lipinski definition) is 2. The number of carbonyl (C=O) groups is 2. The third-order valence-electron chi connectivity index (χ3n) is 4.31. The Morgan fingerprint density at radius 1 is 1.17 bits per heavy atom. The third-order valence-corrected chi connectivity index (χ3v) is 4.31. The lowest BCUT2D eigenvalue weighted by Gasteiger charge is -2.27. The number of carbonyl (C=O) groups excluding carboxylic acids is 2. The van der Waals surface area contributed by atoms with Crippen LogP contribution in [-0.4, -0.2) is 36.9 Å². The van der Waals surface area contributed by atoms with Crippen LogP contribution in [0.25, 0.3) is 0 Å². The summed E-state index contributed by atoms with van der Waals surface area (Å²) in [5.41, 5.74) is 1.56. The quantitative estimate of drug-likeness (QED) is 0.847.